The number of likely N-dealkylation sites (tertiary alicyclic amines) is 1. The van der Waals surface area contributed by atoms with Crippen molar-refractivity contribution >= 4 is 16.9 Å². The van der Waals surface area contributed by atoms with E-state index in [1.54, 1.807) is 19.2 Å². The van der Waals surface area contributed by atoms with E-state index < -0.39 is 5.69 Å². The van der Waals surface area contributed by atoms with E-state index >= 15 is 0 Å². The number of aromatic nitrogens is 3. The van der Waals surface area contributed by atoms with Gasteiger partial charge in [0, 0.05) is 26.6 Å². The molecule has 0 aromatic carbocycles. The van der Waals surface area contributed by atoms with E-state index in [1.165, 1.54) is 11.6 Å². The van der Waals surface area contributed by atoms with Gasteiger partial charge in [-0.15, -0.1) is 0 Å². The molecule has 0 N–H and O–H groups in total. The number of nitrogens with zero attached hydrogens (tertiary/aromatic N) is 5. The van der Waals surface area contributed by atoms with E-state index in [0.29, 0.717) is 36.4 Å². The quantitative estimate of drug-likeness (QED) is 0.697. The van der Waals surface area contributed by atoms with Crippen LogP contribution in [-0.4, -0.2) is 69.7 Å². The zero-order valence-corrected chi connectivity index (χ0v) is 17.1. The molecule has 2 aromatic rings. The predicted octanol–water partition coefficient (Wildman–Crippen LogP) is -0.126. The largest absolute Gasteiger partial charge is 0.368 e. The third-order valence-corrected chi connectivity index (χ3v) is 6.10. The molecule has 2 saturated heterocycles. The van der Waals surface area contributed by atoms with Gasteiger partial charge in [-0.25, -0.2) is 9.78 Å². The van der Waals surface area contributed by atoms with Crippen molar-refractivity contribution in [3.63, 3.8) is 0 Å². The fourth-order valence-electron chi connectivity index (χ4n) is 4.19. The van der Waals surface area contributed by atoms with Crippen LogP contribution < -0.4 is 11.2 Å². The number of morpholine rings is 1. The Bertz CT molecular complexity index is 1050. The highest BCUT2D eigenvalue weighted by Gasteiger charge is 2.32. The Labute approximate surface area is 168 Å². The molecule has 4 rings (SSSR count). The van der Waals surface area contributed by atoms with Crippen molar-refractivity contribution in [3.8, 4) is 0 Å². The molecule has 156 valence electrons. The highest BCUT2D eigenvalue weighted by atomic mass is 16.5. The fourth-order valence-corrected chi connectivity index (χ4v) is 4.19. The number of piperidine rings is 1. The Morgan fingerprint density at radius 3 is 2.52 bits per heavy atom. The van der Waals surface area contributed by atoms with Crippen LogP contribution in [0.25, 0.3) is 11.0 Å². The first-order valence-corrected chi connectivity index (χ1v) is 10.0. The van der Waals surface area contributed by atoms with Crippen LogP contribution in [-0.2, 0) is 23.6 Å². The first kappa shape index (κ1) is 19.8. The molecular formula is C20H27N5O4. The zero-order chi connectivity index (χ0) is 20.7. The van der Waals surface area contributed by atoms with Crippen molar-refractivity contribution in [2.45, 2.75) is 18.9 Å². The third-order valence-electron chi connectivity index (χ3n) is 6.10. The predicted molar refractivity (Wildman–Crippen MR) is 108 cm³/mol. The maximum atomic E-state index is 13.0. The van der Waals surface area contributed by atoms with Crippen molar-refractivity contribution in [1.29, 1.82) is 0 Å². The zero-order valence-electron chi connectivity index (χ0n) is 17.1. The lowest BCUT2D eigenvalue weighted by Crippen LogP contribution is -2.47. The van der Waals surface area contributed by atoms with Crippen molar-refractivity contribution in [2.24, 2.45) is 20.0 Å². The van der Waals surface area contributed by atoms with Crippen LogP contribution in [0.2, 0.25) is 0 Å². The van der Waals surface area contributed by atoms with Crippen molar-refractivity contribution in [2.75, 3.05) is 39.8 Å². The second-order valence-electron chi connectivity index (χ2n) is 8.03. The fraction of sp³-hybridized carbons (Fsp3) is 0.600. The molecule has 1 amide bonds. The van der Waals surface area contributed by atoms with Crippen LogP contribution in [0.15, 0.2) is 21.7 Å². The number of amides is 1. The van der Waals surface area contributed by atoms with Gasteiger partial charge in [0.1, 0.15) is 11.8 Å². The Kier molecular flexibility index (Phi) is 5.26. The lowest BCUT2D eigenvalue weighted by Gasteiger charge is -2.37. The average Bonchev–Trinajstić information content (AvgIpc) is 2.76. The lowest BCUT2D eigenvalue weighted by molar-refractivity contribution is -0.144. The number of hydrogen-bond acceptors (Lipinski definition) is 6. The van der Waals surface area contributed by atoms with E-state index in [9.17, 15) is 14.4 Å². The Morgan fingerprint density at radius 2 is 1.79 bits per heavy atom. The monoisotopic (exact) mass is 401 g/mol. The number of carbonyl (C=O) groups is 1. The molecule has 29 heavy (non-hydrogen) atoms. The van der Waals surface area contributed by atoms with Gasteiger partial charge in [-0.3, -0.25) is 18.7 Å². The smallest absolute Gasteiger partial charge is 0.332 e. The number of hydrogen-bond donors (Lipinski definition) is 0. The summed E-state index contributed by atoms with van der Waals surface area (Å²) in [4.78, 5) is 46.2. The Morgan fingerprint density at radius 1 is 1.07 bits per heavy atom. The summed E-state index contributed by atoms with van der Waals surface area (Å²) in [5.41, 5.74) is 0.168. The van der Waals surface area contributed by atoms with Crippen molar-refractivity contribution < 1.29 is 9.53 Å². The molecule has 9 nitrogen and oxygen atoms in total. The number of rotatable bonds is 2. The molecule has 2 aromatic heterocycles. The molecule has 9 heteroatoms. The molecule has 2 aliphatic rings. The van der Waals surface area contributed by atoms with Gasteiger partial charge in [0.15, 0.2) is 0 Å². The van der Waals surface area contributed by atoms with E-state index in [0.717, 1.165) is 30.5 Å². The summed E-state index contributed by atoms with van der Waals surface area (Å²) in [6.07, 6.45) is 1.40. The van der Waals surface area contributed by atoms with Gasteiger partial charge in [0.25, 0.3) is 5.56 Å². The number of ether oxygens (including phenoxy) is 1. The summed E-state index contributed by atoms with van der Waals surface area (Å²) in [6.45, 7) is 3.34. The van der Waals surface area contributed by atoms with Gasteiger partial charge < -0.3 is 14.5 Å². The molecule has 2 aliphatic heterocycles. The standard InChI is InChI=1S/C20H27N5O4/c1-22-8-6-13(7-9-22)18(26)25-10-11-29-16(12-25)15-5-4-14-17(21-15)23(2)20(28)24(3)19(14)27/h4-5,13,16H,6-12H2,1-3H3. The van der Waals surface area contributed by atoms with Gasteiger partial charge in [-0.05, 0) is 45.1 Å². The van der Waals surface area contributed by atoms with E-state index in [1.807, 2.05) is 4.90 Å². The third kappa shape index (κ3) is 3.60. The second kappa shape index (κ2) is 7.72. The van der Waals surface area contributed by atoms with Gasteiger partial charge >= 0.3 is 5.69 Å². The molecule has 0 spiro atoms. The lowest BCUT2D eigenvalue weighted by atomic mass is 9.95. The number of fused-ring (bicyclic) bond motifs is 1. The maximum absolute atomic E-state index is 13.0. The van der Waals surface area contributed by atoms with E-state index in [-0.39, 0.29) is 23.5 Å². The van der Waals surface area contributed by atoms with Crippen LogP contribution in [0.5, 0.6) is 0 Å². The van der Waals surface area contributed by atoms with Gasteiger partial charge in [0.2, 0.25) is 5.91 Å². The summed E-state index contributed by atoms with van der Waals surface area (Å²) >= 11 is 0. The summed E-state index contributed by atoms with van der Waals surface area (Å²) < 4.78 is 8.32. The molecule has 0 aliphatic carbocycles. The first-order valence-electron chi connectivity index (χ1n) is 10.0. The maximum Gasteiger partial charge on any atom is 0.332 e. The normalized spacial score (nSPS) is 21.6. The van der Waals surface area contributed by atoms with Crippen LogP contribution in [0.4, 0.5) is 0 Å². The minimum Gasteiger partial charge on any atom is -0.368 e. The summed E-state index contributed by atoms with van der Waals surface area (Å²) in [7, 11) is 5.13. The average molecular weight is 401 g/mol. The van der Waals surface area contributed by atoms with Crippen LogP contribution in [0.3, 0.4) is 0 Å². The van der Waals surface area contributed by atoms with Gasteiger partial charge in [0.05, 0.1) is 24.2 Å². The van der Waals surface area contributed by atoms with Gasteiger partial charge in [-0.2, -0.15) is 0 Å². The van der Waals surface area contributed by atoms with Crippen molar-refractivity contribution in [1.82, 2.24) is 23.9 Å². The molecular weight excluding hydrogens is 374 g/mol. The van der Waals surface area contributed by atoms with Crippen LogP contribution in [0.1, 0.15) is 24.6 Å². The number of pyridine rings is 1. The Balaban J connectivity index is 1.58. The molecule has 0 saturated carbocycles. The topological polar surface area (TPSA) is 89.7 Å². The molecule has 0 radical (unpaired) electrons. The van der Waals surface area contributed by atoms with Crippen molar-refractivity contribution in [3.05, 3.63) is 38.7 Å². The van der Waals surface area contributed by atoms with Crippen LogP contribution in [0, 0.1) is 5.92 Å². The first-order chi connectivity index (χ1) is 13.9. The van der Waals surface area contributed by atoms with E-state index in [4.69, 9.17) is 4.74 Å². The molecule has 1 unspecified atom stereocenters. The minimum atomic E-state index is -0.421. The minimum absolute atomic E-state index is 0.0679. The SMILES string of the molecule is CN1CCC(C(=O)N2CCOC(c3ccc4c(=O)n(C)c(=O)n(C)c4n3)C2)CC1. The highest BCUT2D eigenvalue weighted by molar-refractivity contribution is 5.79. The molecule has 4 heterocycles. The number of carbonyl (C=O) groups excluding carboxylic acids is 1. The number of aryl methyl sites for hydroxylation is 1. The molecule has 2 fully saturated rings. The summed E-state index contributed by atoms with van der Waals surface area (Å²) in [5.74, 6) is 0.256. The summed E-state index contributed by atoms with van der Waals surface area (Å²) in [5, 5.41) is 0.383. The molecule has 0 bridgehead atoms. The second-order valence-corrected chi connectivity index (χ2v) is 8.03. The van der Waals surface area contributed by atoms with Gasteiger partial charge in [-0.1, -0.05) is 0 Å². The Hall–Kier alpha value is -2.52. The van der Waals surface area contributed by atoms with E-state index in [2.05, 4.69) is 16.9 Å². The summed E-state index contributed by atoms with van der Waals surface area (Å²) in [6, 6.07) is 3.43. The highest BCUT2D eigenvalue weighted by Crippen LogP contribution is 2.25. The van der Waals surface area contributed by atoms with Crippen LogP contribution >= 0.6 is 0 Å². The molecule has 1 atom stereocenters.